The van der Waals surface area contributed by atoms with Crippen molar-refractivity contribution in [1.29, 1.82) is 0 Å². The molecule has 2 aliphatic heterocycles. The summed E-state index contributed by atoms with van der Waals surface area (Å²) in [6.07, 6.45) is 9.73. The van der Waals surface area contributed by atoms with Crippen molar-refractivity contribution in [2.75, 3.05) is 19.6 Å². The lowest BCUT2D eigenvalue weighted by atomic mass is 9.96. The monoisotopic (exact) mass is 366 g/mol. The highest BCUT2D eigenvalue weighted by Crippen LogP contribution is 2.37. The van der Waals surface area contributed by atoms with E-state index in [4.69, 9.17) is 6.42 Å². The Morgan fingerprint density at radius 2 is 2.04 bits per heavy atom. The van der Waals surface area contributed by atoms with Crippen LogP contribution >= 0.6 is 0 Å². The standard InChI is InChI=1S/C21H26N4O2/c1-2-3-12-21(23-24-21)13-11-19(26)25-14-7-8-17(16-25)15-22-20(27)18-9-5-4-6-10-18/h1,4-6,9-10,17H,3,7-8,11-16H2,(H,22,27). The van der Waals surface area contributed by atoms with Crippen molar-refractivity contribution in [2.24, 2.45) is 16.1 Å². The van der Waals surface area contributed by atoms with Gasteiger partial charge in [-0.25, -0.2) is 0 Å². The first-order chi connectivity index (χ1) is 13.1. The molecule has 2 aliphatic rings. The highest BCUT2D eigenvalue weighted by Gasteiger charge is 2.39. The lowest BCUT2D eigenvalue weighted by Gasteiger charge is -2.33. The van der Waals surface area contributed by atoms with Crippen molar-refractivity contribution in [3.8, 4) is 12.3 Å². The summed E-state index contributed by atoms with van der Waals surface area (Å²) in [7, 11) is 0. The normalized spacial score (nSPS) is 20.0. The second kappa shape index (κ2) is 8.81. The van der Waals surface area contributed by atoms with Gasteiger partial charge < -0.3 is 10.2 Å². The highest BCUT2D eigenvalue weighted by molar-refractivity contribution is 5.94. The first-order valence-corrected chi connectivity index (χ1v) is 9.60. The maximum atomic E-state index is 12.6. The summed E-state index contributed by atoms with van der Waals surface area (Å²) in [5, 5.41) is 11.2. The van der Waals surface area contributed by atoms with Crippen LogP contribution in [0.25, 0.3) is 0 Å². The van der Waals surface area contributed by atoms with E-state index >= 15 is 0 Å². The van der Waals surface area contributed by atoms with Crippen molar-refractivity contribution in [2.45, 2.75) is 44.2 Å². The number of piperidine rings is 1. The molecule has 6 nitrogen and oxygen atoms in total. The number of rotatable bonds is 8. The molecule has 0 radical (unpaired) electrons. The van der Waals surface area contributed by atoms with E-state index in [0.29, 0.717) is 43.8 Å². The van der Waals surface area contributed by atoms with Gasteiger partial charge >= 0.3 is 0 Å². The lowest BCUT2D eigenvalue weighted by Crippen LogP contribution is -2.43. The molecule has 0 saturated carbocycles. The Balaban J connectivity index is 1.41. The Hall–Kier alpha value is -2.68. The molecule has 0 spiro atoms. The SMILES string of the molecule is C#CCCC1(CCC(=O)N2CCCC(CNC(=O)c3ccccc3)C2)N=N1. The van der Waals surface area contributed by atoms with E-state index in [2.05, 4.69) is 21.5 Å². The quantitative estimate of drug-likeness (QED) is 0.718. The minimum absolute atomic E-state index is 0.0635. The first-order valence-electron chi connectivity index (χ1n) is 9.60. The minimum Gasteiger partial charge on any atom is -0.352 e. The lowest BCUT2D eigenvalue weighted by molar-refractivity contribution is -0.133. The Morgan fingerprint density at radius 3 is 2.74 bits per heavy atom. The Kier molecular flexibility index (Phi) is 6.23. The molecule has 1 aromatic carbocycles. The van der Waals surface area contributed by atoms with E-state index in [1.807, 2.05) is 23.1 Å². The molecule has 2 heterocycles. The van der Waals surface area contributed by atoms with Crippen LogP contribution < -0.4 is 5.32 Å². The fraction of sp³-hybridized carbons (Fsp3) is 0.524. The van der Waals surface area contributed by atoms with Gasteiger partial charge in [-0.2, -0.15) is 10.2 Å². The van der Waals surface area contributed by atoms with Crippen LogP contribution in [0, 0.1) is 18.3 Å². The summed E-state index contributed by atoms with van der Waals surface area (Å²) >= 11 is 0. The third kappa shape index (κ3) is 5.40. The van der Waals surface area contributed by atoms with Crippen LogP contribution in [-0.2, 0) is 4.79 Å². The molecule has 6 heteroatoms. The molecule has 1 saturated heterocycles. The van der Waals surface area contributed by atoms with Crippen molar-refractivity contribution in [3.05, 3.63) is 35.9 Å². The maximum absolute atomic E-state index is 12.6. The molecule has 1 aromatic rings. The molecule has 1 atom stereocenters. The molecule has 3 rings (SSSR count). The van der Waals surface area contributed by atoms with Crippen LogP contribution in [0.2, 0.25) is 0 Å². The van der Waals surface area contributed by atoms with Gasteiger partial charge in [-0.15, -0.1) is 12.3 Å². The molecule has 2 amide bonds. The van der Waals surface area contributed by atoms with Crippen LogP contribution in [0.3, 0.4) is 0 Å². The van der Waals surface area contributed by atoms with Gasteiger partial charge in [0, 0.05) is 50.9 Å². The molecule has 0 aliphatic carbocycles. The fourth-order valence-corrected chi connectivity index (χ4v) is 3.52. The van der Waals surface area contributed by atoms with Gasteiger partial charge in [0.1, 0.15) is 0 Å². The van der Waals surface area contributed by atoms with E-state index in [0.717, 1.165) is 25.8 Å². The van der Waals surface area contributed by atoms with E-state index in [-0.39, 0.29) is 11.8 Å². The summed E-state index contributed by atoms with van der Waals surface area (Å²) in [5.41, 5.74) is 0.261. The molecule has 27 heavy (non-hydrogen) atoms. The number of nitrogens with zero attached hydrogens (tertiary/aromatic N) is 3. The van der Waals surface area contributed by atoms with E-state index in [1.165, 1.54) is 0 Å². The molecule has 1 N–H and O–H groups in total. The number of terminal acetylenes is 1. The van der Waals surface area contributed by atoms with Crippen LogP contribution in [0.1, 0.15) is 48.9 Å². The first kappa shape index (κ1) is 19.1. The number of amides is 2. The number of hydrogen-bond acceptors (Lipinski definition) is 4. The van der Waals surface area contributed by atoms with Crippen LogP contribution in [0.15, 0.2) is 40.6 Å². The Labute approximate surface area is 160 Å². The molecule has 1 fully saturated rings. The van der Waals surface area contributed by atoms with Gasteiger partial charge in [0.05, 0.1) is 0 Å². The molecular weight excluding hydrogens is 340 g/mol. The summed E-state index contributed by atoms with van der Waals surface area (Å²) < 4.78 is 0. The summed E-state index contributed by atoms with van der Waals surface area (Å²) in [4.78, 5) is 26.7. The average molecular weight is 366 g/mol. The second-order valence-corrected chi connectivity index (χ2v) is 7.31. The summed E-state index contributed by atoms with van der Waals surface area (Å²) in [5.74, 6) is 2.98. The van der Waals surface area contributed by atoms with Crippen molar-refractivity contribution in [3.63, 3.8) is 0 Å². The Bertz CT molecular complexity index is 732. The van der Waals surface area contributed by atoms with Crippen LogP contribution in [0.4, 0.5) is 0 Å². The summed E-state index contributed by atoms with van der Waals surface area (Å²) in [6.45, 7) is 2.07. The highest BCUT2D eigenvalue weighted by atomic mass is 16.2. The van der Waals surface area contributed by atoms with E-state index in [9.17, 15) is 9.59 Å². The third-order valence-electron chi connectivity index (χ3n) is 5.25. The predicted octanol–water partition coefficient (Wildman–Crippen LogP) is 3.01. The number of likely N-dealkylation sites (tertiary alicyclic amines) is 1. The van der Waals surface area contributed by atoms with Gasteiger partial charge in [0.15, 0.2) is 5.66 Å². The van der Waals surface area contributed by atoms with Crippen molar-refractivity contribution >= 4 is 11.8 Å². The van der Waals surface area contributed by atoms with Gasteiger partial charge in [0.2, 0.25) is 5.91 Å². The van der Waals surface area contributed by atoms with Crippen LogP contribution in [-0.4, -0.2) is 42.0 Å². The van der Waals surface area contributed by atoms with Gasteiger partial charge in [0.25, 0.3) is 5.91 Å². The summed E-state index contributed by atoms with van der Waals surface area (Å²) in [6, 6.07) is 9.20. The number of benzene rings is 1. The van der Waals surface area contributed by atoms with Crippen molar-refractivity contribution in [1.82, 2.24) is 10.2 Å². The molecule has 0 bridgehead atoms. The van der Waals surface area contributed by atoms with E-state index < -0.39 is 5.66 Å². The number of carbonyl (C=O) groups excluding carboxylic acids is 2. The number of carbonyl (C=O) groups is 2. The zero-order chi connectivity index (χ0) is 19.1. The van der Waals surface area contributed by atoms with Crippen LogP contribution in [0.5, 0.6) is 0 Å². The smallest absolute Gasteiger partial charge is 0.251 e. The van der Waals surface area contributed by atoms with Crippen molar-refractivity contribution < 1.29 is 9.59 Å². The van der Waals surface area contributed by atoms with Gasteiger partial charge in [-0.3, -0.25) is 9.59 Å². The largest absolute Gasteiger partial charge is 0.352 e. The van der Waals surface area contributed by atoms with Gasteiger partial charge in [-0.05, 0) is 30.9 Å². The molecule has 1 unspecified atom stereocenters. The van der Waals surface area contributed by atoms with Gasteiger partial charge in [-0.1, -0.05) is 18.2 Å². The third-order valence-corrected chi connectivity index (χ3v) is 5.25. The Morgan fingerprint density at radius 1 is 1.26 bits per heavy atom. The number of hydrogen-bond donors (Lipinski definition) is 1. The second-order valence-electron chi connectivity index (χ2n) is 7.31. The average Bonchev–Trinajstić information content (AvgIpc) is 3.50. The fourth-order valence-electron chi connectivity index (χ4n) is 3.52. The van der Waals surface area contributed by atoms with E-state index in [1.54, 1.807) is 12.1 Å². The molecular formula is C21H26N4O2. The predicted molar refractivity (Wildman–Crippen MR) is 103 cm³/mol. The molecule has 0 aromatic heterocycles. The number of nitrogens with one attached hydrogen (secondary N) is 1. The topological polar surface area (TPSA) is 74.1 Å². The zero-order valence-corrected chi connectivity index (χ0v) is 15.6. The molecule has 142 valence electrons. The maximum Gasteiger partial charge on any atom is 0.251 e. The zero-order valence-electron chi connectivity index (χ0n) is 15.6. The minimum atomic E-state index is -0.402.